The highest BCUT2D eigenvalue weighted by Gasteiger charge is 2.30. The van der Waals surface area contributed by atoms with Gasteiger partial charge in [0.1, 0.15) is 12.4 Å². The molecule has 146 valence electrons. The first-order valence-corrected chi connectivity index (χ1v) is 10.0. The Morgan fingerprint density at radius 2 is 2.00 bits per heavy atom. The quantitative estimate of drug-likeness (QED) is 0.759. The minimum atomic E-state index is -4.48. The smallest absolute Gasteiger partial charge is 0.422 e. The summed E-state index contributed by atoms with van der Waals surface area (Å²) in [6.45, 7) is -1.12. The lowest BCUT2D eigenvalue weighted by molar-refractivity contribution is -0.153. The summed E-state index contributed by atoms with van der Waals surface area (Å²) in [6.07, 6.45) is 1.85. The highest BCUT2D eigenvalue weighted by atomic mass is 32.2. The maximum absolute atomic E-state index is 12.6. The molecule has 0 atom stereocenters. The summed E-state index contributed by atoms with van der Waals surface area (Å²) in [5.41, 5.74) is 2.21. The predicted molar refractivity (Wildman–Crippen MR) is 95.6 cm³/mol. The number of alkyl halides is 3. The lowest BCUT2D eigenvalue weighted by Crippen LogP contribution is -2.26. The predicted octanol–water partition coefficient (Wildman–Crippen LogP) is 2.60. The normalized spacial score (nSPS) is 16.9. The summed E-state index contributed by atoms with van der Waals surface area (Å²) in [7, 11) is -1.52. The van der Waals surface area contributed by atoms with Crippen LogP contribution >= 0.6 is 0 Å². The lowest BCUT2D eigenvalue weighted by atomic mass is 10.1. The summed E-state index contributed by atoms with van der Waals surface area (Å²) in [6, 6.07) is 4.38. The zero-order valence-corrected chi connectivity index (χ0v) is 15.5. The SMILES string of the molecule is CN1C=C2C=NCN2C(c2cc(CS(C)(=O)=O)ccc2OCC(F)(F)F)=C1. The van der Waals surface area contributed by atoms with E-state index in [-0.39, 0.29) is 11.5 Å². The van der Waals surface area contributed by atoms with Crippen LogP contribution in [0.5, 0.6) is 5.75 Å². The van der Waals surface area contributed by atoms with E-state index in [9.17, 15) is 21.6 Å². The maximum atomic E-state index is 12.6. The van der Waals surface area contributed by atoms with Crippen LogP contribution in [0, 0.1) is 0 Å². The number of fused-ring (bicyclic) bond motifs is 1. The third-order valence-corrected chi connectivity index (χ3v) is 4.71. The molecular formula is C17H18F3N3O3S. The third kappa shape index (κ3) is 4.82. The number of hydrogen-bond donors (Lipinski definition) is 0. The highest BCUT2D eigenvalue weighted by molar-refractivity contribution is 7.89. The zero-order chi connectivity index (χ0) is 19.8. The van der Waals surface area contributed by atoms with E-state index in [2.05, 4.69) is 4.99 Å². The van der Waals surface area contributed by atoms with Crippen molar-refractivity contribution in [2.45, 2.75) is 11.9 Å². The van der Waals surface area contributed by atoms with Crippen LogP contribution in [0.3, 0.4) is 0 Å². The molecule has 0 aliphatic carbocycles. The van der Waals surface area contributed by atoms with Crippen LogP contribution < -0.4 is 4.74 Å². The Balaban J connectivity index is 2.03. The molecule has 2 aliphatic rings. The van der Waals surface area contributed by atoms with Crippen LogP contribution in [-0.2, 0) is 15.6 Å². The van der Waals surface area contributed by atoms with Crippen molar-refractivity contribution in [3.63, 3.8) is 0 Å². The Bertz CT molecular complexity index is 936. The number of benzene rings is 1. The number of halogens is 3. The molecule has 27 heavy (non-hydrogen) atoms. The third-order valence-electron chi connectivity index (χ3n) is 3.85. The molecule has 0 aromatic heterocycles. The van der Waals surface area contributed by atoms with Gasteiger partial charge < -0.3 is 14.5 Å². The molecule has 6 nitrogen and oxygen atoms in total. The summed E-state index contributed by atoms with van der Waals surface area (Å²) < 4.78 is 66.1. The van der Waals surface area contributed by atoms with Crippen molar-refractivity contribution >= 4 is 21.7 Å². The van der Waals surface area contributed by atoms with E-state index in [1.54, 1.807) is 30.4 Å². The van der Waals surface area contributed by atoms with Gasteiger partial charge in [-0.3, -0.25) is 4.99 Å². The highest BCUT2D eigenvalue weighted by Crippen LogP contribution is 2.36. The van der Waals surface area contributed by atoms with Gasteiger partial charge in [0.15, 0.2) is 16.4 Å². The van der Waals surface area contributed by atoms with Crippen molar-refractivity contribution in [2.24, 2.45) is 4.99 Å². The van der Waals surface area contributed by atoms with Crippen LogP contribution in [0.2, 0.25) is 0 Å². The fourth-order valence-electron chi connectivity index (χ4n) is 2.86. The molecule has 10 heteroatoms. The number of rotatable bonds is 5. The Kier molecular flexibility index (Phi) is 4.94. The lowest BCUT2D eigenvalue weighted by Gasteiger charge is -2.30. The Morgan fingerprint density at radius 3 is 2.67 bits per heavy atom. The van der Waals surface area contributed by atoms with Gasteiger partial charge in [-0.05, 0) is 17.7 Å². The van der Waals surface area contributed by atoms with Crippen LogP contribution in [0.15, 0.2) is 41.3 Å². The average Bonchev–Trinajstić information content (AvgIpc) is 2.98. The number of ether oxygens (including phenoxy) is 1. The van der Waals surface area contributed by atoms with Crippen molar-refractivity contribution in [1.29, 1.82) is 0 Å². The Morgan fingerprint density at radius 1 is 1.26 bits per heavy atom. The first kappa shape index (κ1) is 19.3. The van der Waals surface area contributed by atoms with Crippen molar-refractivity contribution in [3.8, 4) is 5.75 Å². The topological polar surface area (TPSA) is 62.2 Å². The van der Waals surface area contributed by atoms with Crippen molar-refractivity contribution < 1.29 is 26.3 Å². The monoisotopic (exact) mass is 401 g/mol. The fraction of sp³-hybridized carbons (Fsp3) is 0.353. The zero-order valence-electron chi connectivity index (χ0n) is 14.7. The standard InChI is InChI=1S/C17H18F3N3O3S/c1-22-7-13-6-21-11-23(13)15(8-22)14-5-12(9-27(2,24)25)3-4-16(14)26-10-17(18,19)20/h3-8H,9-11H2,1-2H3. The molecular weight excluding hydrogens is 383 g/mol. The molecule has 0 fully saturated rings. The minimum Gasteiger partial charge on any atom is -0.483 e. The summed E-state index contributed by atoms with van der Waals surface area (Å²) in [5.74, 6) is -0.195. The number of hydrogen-bond acceptors (Lipinski definition) is 6. The molecule has 1 aromatic carbocycles. The molecule has 0 N–H and O–H groups in total. The van der Waals surface area contributed by atoms with E-state index in [4.69, 9.17) is 4.74 Å². The van der Waals surface area contributed by atoms with E-state index in [0.29, 0.717) is 23.5 Å². The second-order valence-corrected chi connectivity index (χ2v) is 8.56. The first-order chi connectivity index (χ1) is 12.5. The molecule has 3 rings (SSSR count). The van der Waals surface area contributed by atoms with Gasteiger partial charge in [0, 0.05) is 37.5 Å². The average molecular weight is 401 g/mol. The second kappa shape index (κ2) is 6.91. The molecule has 0 spiro atoms. The Labute approximate surface area is 155 Å². The minimum absolute atomic E-state index is 0.0253. The number of nitrogens with zero attached hydrogens (tertiary/aromatic N) is 3. The summed E-state index contributed by atoms with van der Waals surface area (Å²) >= 11 is 0. The van der Waals surface area contributed by atoms with E-state index in [1.807, 2.05) is 11.1 Å². The molecule has 0 saturated heterocycles. The molecule has 0 bridgehead atoms. The van der Waals surface area contributed by atoms with E-state index in [1.165, 1.54) is 12.1 Å². The van der Waals surface area contributed by atoms with Crippen LogP contribution in [0.1, 0.15) is 11.1 Å². The van der Waals surface area contributed by atoms with Crippen LogP contribution in [0.4, 0.5) is 13.2 Å². The van der Waals surface area contributed by atoms with Crippen molar-refractivity contribution in [2.75, 3.05) is 26.6 Å². The fourth-order valence-corrected chi connectivity index (χ4v) is 3.65. The van der Waals surface area contributed by atoms with Gasteiger partial charge in [0.2, 0.25) is 0 Å². The summed E-state index contributed by atoms with van der Waals surface area (Å²) in [4.78, 5) is 7.76. The molecule has 2 aliphatic heterocycles. The first-order valence-electron chi connectivity index (χ1n) is 7.95. The van der Waals surface area contributed by atoms with E-state index in [0.717, 1.165) is 12.0 Å². The van der Waals surface area contributed by atoms with Gasteiger partial charge in [-0.25, -0.2) is 8.42 Å². The van der Waals surface area contributed by atoms with Gasteiger partial charge in [-0.1, -0.05) is 6.07 Å². The second-order valence-electron chi connectivity index (χ2n) is 6.42. The molecule has 2 heterocycles. The van der Waals surface area contributed by atoms with Crippen molar-refractivity contribution in [3.05, 3.63) is 47.4 Å². The van der Waals surface area contributed by atoms with E-state index >= 15 is 0 Å². The number of aliphatic imine (C=N–C) groups is 1. The van der Waals surface area contributed by atoms with Gasteiger partial charge in [0.25, 0.3) is 0 Å². The molecule has 0 amide bonds. The van der Waals surface area contributed by atoms with Gasteiger partial charge in [-0.2, -0.15) is 13.2 Å². The van der Waals surface area contributed by atoms with Gasteiger partial charge in [-0.15, -0.1) is 0 Å². The number of sulfone groups is 1. The van der Waals surface area contributed by atoms with Crippen LogP contribution in [0.25, 0.3) is 5.70 Å². The van der Waals surface area contributed by atoms with E-state index < -0.39 is 22.6 Å². The largest absolute Gasteiger partial charge is 0.483 e. The summed E-state index contributed by atoms with van der Waals surface area (Å²) in [5, 5.41) is 0. The molecule has 0 unspecified atom stereocenters. The van der Waals surface area contributed by atoms with Crippen molar-refractivity contribution in [1.82, 2.24) is 9.80 Å². The molecule has 0 radical (unpaired) electrons. The van der Waals surface area contributed by atoms with Gasteiger partial charge in [0.05, 0.1) is 17.1 Å². The number of allylic oxidation sites excluding steroid dienone is 1. The Hall–Kier alpha value is -2.49. The van der Waals surface area contributed by atoms with Crippen LogP contribution in [-0.4, -0.2) is 57.2 Å². The molecule has 1 aromatic rings. The maximum Gasteiger partial charge on any atom is 0.422 e. The van der Waals surface area contributed by atoms with Gasteiger partial charge >= 0.3 is 6.18 Å². The molecule has 0 saturated carbocycles.